The molecule has 52 heavy (non-hydrogen) atoms. The summed E-state index contributed by atoms with van der Waals surface area (Å²) in [7, 11) is -4.86. The first-order chi connectivity index (χ1) is 24.7. The number of carbonyl (C=O) groups is 2. The Hall–Kier alpha value is -0.550. The number of phosphoric ester groups is 1. The van der Waals surface area contributed by atoms with Crippen molar-refractivity contribution < 1.29 is 77.3 Å². The molecule has 12 heteroatoms. The van der Waals surface area contributed by atoms with Crippen LogP contribution in [0.25, 0.3) is 0 Å². The number of phosphoric acid groups is 1. The van der Waals surface area contributed by atoms with Crippen molar-refractivity contribution in [1.82, 2.24) is 0 Å². The molecule has 0 aromatic carbocycles. The predicted molar refractivity (Wildman–Crippen MR) is 203 cm³/mol. The topological polar surface area (TPSA) is 152 Å². The van der Waals surface area contributed by atoms with Crippen molar-refractivity contribution in [3.8, 4) is 0 Å². The maximum atomic E-state index is 12.5. The Morgan fingerprint density at radius 1 is 0.615 bits per heavy atom. The fourth-order valence-electron chi connectivity index (χ4n) is 5.43. The van der Waals surface area contributed by atoms with Gasteiger partial charge in [-0.15, -0.1) is 0 Å². The van der Waals surface area contributed by atoms with Gasteiger partial charge < -0.3 is 33.6 Å². The molecule has 0 aliphatic rings. The van der Waals surface area contributed by atoms with Crippen LogP contribution >= 0.6 is 7.82 Å². The molecule has 0 aliphatic carbocycles. The Kier molecular flexibility index (Phi) is 41.3. The van der Waals surface area contributed by atoms with Crippen LogP contribution in [0.2, 0.25) is 0 Å². The largest absolute Gasteiger partial charge is 1.00 e. The smallest absolute Gasteiger partial charge is 0.756 e. The molecule has 0 aromatic heterocycles. The number of hydrogen-bond acceptors (Lipinski definition) is 10. The summed E-state index contributed by atoms with van der Waals surface area (Å²) in [6, 6.07) is 0. The molecular weight excluding hydrogens is 694 g/mol. The van der Waals surface area contributed by atoms with Gasteiger partial charge in [-0.3, -0.25) is 14.2 Å². The second-order valence-corrected chi connectivity index (χ2v) is 15.1. The first kappa shape index (κ1) is 53.6. The molecule has 3 atom stereocenters. The van der Waals surface area contributed by atoms with E-state index in [2.05, 4.69) is 42.7 Å². The number of allylic oxidation sites excluding steroid dienone is 4. The van der Waals surface area contributed by atoms with E-state index in [-0.39, 0.29) is 49.0 Å². The number of aliphatic hydroxyl groups excluding tert-OH is 2. The van der Waals surface area contributed by atoms with Gasteiger partial charge in [0.15, 0.2) is 6.10 Å². The molecule has 0 heterocycles. The summed E-state index contributed by atoms with van der Waals surface area (Å²) in [4.78, 5) is 37.0. The van der Waals surface area contributed by atoms with Gasteiger partial charge in [-0.05, 0) is 44.9 Å². The van der Waals surface area contributed by atoms with Gasteiger partial charge in [0.25, 0.3) is 7.82 Å². The molecule has 0 bridgehead atoms. The van der Waals surface area contributed by atoms with Crippen LogP contribution in [-0.2, 0) is 32.7 Å². The second-order valence-electron chi connectivity index (χ2n) is 13.6. The Balaban J connectivity index is 0. The maximum Gasteiger partial charge on any atom is 1.00 e. The van der Waals surface area contributed by atoms with E-state index in [1.165, 1.54) is 77.0 Å². The van der Waals surface area contributed by atoms with E-state index in [9.17, 15) is 24.2 Å². The second kappa shape index (κ2) is 40.1. The zero-order valence-electron chi connectivity index (χ0n) is 33.3. The van der Waals surface area contributed by atoms with Crippen molar-refractivity contribution in [3.63, 3.8) is 0 Å². The molecular formula is C40H74NaO10P. The van der Waals surface area contributed by atoms with E-state index in [0.29, 0.717) is 12.8 Å². The number of ether oxygens (including phenoxy) is 2. The molecule has 0 fully saturated rings. The van der Waals surface area contributed by atoms with E-state index in [1.54, 1.807) is 0 Å². The SMILES string of the molecule is CCCCC/C=C\C/C=C\CCCCCCCC(=O)O[C@H](COC(=O)CCCCCCCCCCCCCCC)COP(=O)([O-])OCC(O)CO.[Na+]. The van der Waals surface area contributed by atoms with E-state index >= 15 is 0 Å². The van der Waals surface area contributed by atoms with Gasteiger partial charge in [0.1, 0.15) is 12.7 Å². The molecule has 0 amide bonds. The van der Waals surface area contributed by atoms with Crippen molar-refractivity contribution in [2.45, 2.75) is 193 Å². The van der Waals surface area contributed by atoms with Gasteiger partial charge >= 0.3 is 41.5 Å². The standard InChI is InChI=1S/C40H75O10P.Na/c1-3-5-7-9-11-13-15-17-18-20-22-24-26-28-30-32-40(44)50-38(36-49-51(45,46)48-34-37(42)33-41)35-47-39(43)31-29-27-25-23-21-19-16-14-12-10-8-6-4-2;/h11,13,17-18,37-38,41-42H,3-10,12,14-16,19-36H2,1-2H3,(H,45,46);/q;+1/p-1/b13-11-,18-17-;/t37?,38-;/m1./s1. The van der Waals surface area contributed by atoms with Crippen molar-refractivity contribution in [3.05, 3.63) is 24.3 Å². The minimum atomic E-state index is -4.86. The van der Waals surface area contributed by atoms with Crippen molar-refractivity contribution in [2.75, 3.05) is 26.4 Å². The summed E-state index contributed by atoms with van der Waals surface area (Å²) in [5, 5.41) is 18.2. The molecule has 300 valence electrons. The van der Waals surface area contributed by atoms with Crippen LogP contribution in [0, 0.1) is 0 Å². The molecule has 0 saturated carbocycles. The van der Waals surface area contributed by atoms with Crippen molar-refractivity contribution >= 4 is 19.8 Å². The molecule has 0 aliphatic heterocycles. The summed E-state index contributed by atoms with van der Waals surface area (Å²) in [5.74, 6) is -0.973. The fourth-order valence-corrected chi connectivity index (χ4v) is 6.21. The zero-order chi connectivity index (χ0) is 37.7. The average Bonchev–Trinajstić information content (AvgIpc) is 3.12. The third kappa shape index (κ3) is 39.2. The maximum absolute atomic E-state index is 12.5. The van der Waals surface area contributed by atoms with Crippen molar-refractivity contribution in [1.29, 1.82) is 0 Å². The number of aliphatic hydroxyl groups is 2. The van der Waals surface area contributed by atoms with Crippen LogP contribution in [0.5, 0.6) is 0 Å². The van der Waals surface area contributed by atoms with E-state index in [4.69, 9.17) is 19.1 Å². The van der Waals surface area contributed by atoms with E-state index in [0.717, 1.165) is 64.2 Å². The Labute approximate surface area is 339 Å². The number of unbranched alkanes of at least 4 members (excludes halogenated alkanes) is 20. The zero-order valence-corrected chi connectivity index (χ0v) is 36.2. The van der Waals surface area contributed by atoms with Gasteiger partial charge in [0.05, 0.1) is 19.8 Å². The molecule has 2 N–H and O–H groups in total. The van der Waals surface area contributed by atoms with E-state index < -0.39 is 51.8 Å². The van der Waals surface area contributed by atoms with Gasteiger partial charge in [-0.25, -0.2) is 0 Å². The quantitative estimate of drug-likeness (QED) is 0.0231. The number of rotatable bonds is 38. The molecule has 0 spiro atoms. The fraction of sp³-hybridized carbons (Fsp3) is 0.850. The molecule has 10 nitrogen and oxygen atoms in total. The predicted octanol–water partition coefficient (Wildman–Crippen LogP) is 6.60. The summed E-state index contributed by atoms with van der Waals surface area (Å²) in [6.45, 7) is 2.15. The summed E-state index contributed by atoms with van der Waals surface area (Å²) >= 11 is 0. The van der Waals surface area contributed by atoms with Crippen LogP contribution in [0.4, 0.5) is 0 Å². The Bertz CT molecular complexity index is 917. The molecule has 0 radical (unpaired) electrons. The van der Waals surface area contributed by atoms with Crippen LogP contribution in [0.1, 0.15) is 181 Å². The minimum Gasteiger partial charge on any atom is -0.756 e. The Morgan fingerprint density at radius 3 is 1.56 bits per heavy atom. The molecule has 0 rings (SSSR count). The van der Waals surface area contributed by atoms with Gasteiger partial charge in [0, 0.05) is 12.8 Å². The average molecular weight is 769 g/mol. The Morgan fingerprint density at radius 2 is 1.04 bits per heavy atom. The van der Waals surface area contributed by atoms with Crippen molar-refractivity contribution in [2.24, 2.45) is 0 Å². The van der Waals surface area contributed by atoms with Gasteiger partial charge in [0.2, 0.25) is 0 Å². The summed E-state index contributed by atoms with van der Waals surface area (Å²) < 4.78 is 32.2. The molecule has 2 unspecified atom stereocenters. The third-order valence-electron chi connectivity index (χ3n) is 8.60. The number of hydrogen-bond donors (Lipinski definition) is 2. The van der Waals surface area contributed by atoms with Crippen LogP contribution in [0.15, 0.2) is 24.3 Å². The molecule has 0 aromatic rings. The molecule has 0 saturated heterocycles. The number of carbonyl (C=O) groups excluding carboxylic acids is 2. The monoisotopic (exact) mass is 768 g/mol. The third-order valence-corrected chi connectivity index (χ3v) is 9.53. The van der Waals surface area contributed by atoms with Crippen LogP contribution in [0.3, 0.4) is 0 Å². The normalized spacial score (nSPS) is 13.9. The van der Waals surface area contributed by atoms with Gasteiger partial charge in [-0.1, -0.05) is 147 Å². The van der Waals surface area contributed by atoms with Crippen LogP contribution < -0.4 is 34.5 Å². The summed E-state index contributed by atoms with van der Waals surface area (Å²) in [6.07, 6.45) is 34.0. The van der Waals surface area contributed by atoms with E-state index in [1.807, 2.05) is 0 Å². The summed E-state index contributed by atoms with van der Waals surface area (Å²) in [5.41, 5.74) is 0. The number of esters is 2. The van der Waals surface area contributed by atoms with Gasteiger partial charge in [-0.2, -0.15) is 0 Å². The first-order valence-electron chi connectivity index (χ1n) is 20.3. The van der Waals surface area contributed by atoms with Crippen LogP contribution in [-0.4, -0.2) is 60.8 Å². The first-order valence-corrected chi connectivity index (χ1v) is 21.7. The minimum absolute atomic E-state index is 0.